The van der Waals surface area contributed by atoms with E-state index < -0.39 is 0 Å². The van der Waals surface area contributed by atoms with Gasteiger partial charge in [0.15, 0.2) is 0 Å². The summed E-state index contributed by atoms with van der Waals surface area (Å²) in [5.74, 6) is 0. The Balaban J connectivity index is 2.06. The largest absolute Gasteiger partial charge is 0.347 e. The van der Waals surface area contributed by atoms with E-state index in [0.29, 0.717) is 0 Å². The molecule has 1 heteroatoms. The molecule has 3 aromatic rings. The Morgan fingerprint density at radius 3 is 2.46 bits per heavy atom. The van der Waals surface area contributed by atoms with Gasteiger partial charge in [-0.25, -0.2) is 0 Å². The maximum absolute atomic E-state index is 3.82. The van der Waals surface area contributed by atoms with E-state index >= 15 is 0 Å². The fourth-order valence-corrected chi connectivity index (χ4v) is 3.90. The zero-order valence-electron chi connectivity index (χ0n) is 17.6. The highest BCUT2D eigenvalue weighted by Crippen LogP contribution is 2.32. The van der Waals surface area contributed by atoms with E-state index in [-0.39, 0.29) is 0 Å². The molecule has 0 bridgehead atoms. The first-order valence-corrected chi connectivity index (χ1v) is 10.2. The molecule has 0 aliphatic rings. The van der Waals surface area contributed by atoms with Gasteiger partial charge in [-0.1, -0.05) is 80.6 Å². The number of rotatable bonds is 7. The Hall–Kier alpha value is -2.80. The van der Waals surface area contributed by atoms with Crippen molar-refractivity contribution in [3.63, 3.8) is 0 Å². The second-order valence-electron chi connectivity index (χ2n) is 7.46. The van der Waals surface area contributed by atoms with Crippen LogP contribution in [0.15, 0.2) is 55.1 Å². The zero-order chi connectivity index (χ0) is 20.1. The van der Waals surface area contributed by atoms with E-state index in [1.807, 2.05) is 12.2 Å². The molecule has 0 aliphatic carbocycles. The summed E-state index contributed by atoms with van der Waals surface area (Å²) in [7, 11) is 2.14. The average molecular weight is 370 g/mol. The topological polar surface area (TPSA) is 4.93 Å². The van der Waals surface area contributed by atoms with Gasteiger partial charge >= 0.3 is 0 Å². The first kappa shape index (κ1) is 19.9. The molecule has 1 nitrogen and oxygen atoms in total. The number of hydrogen-bond donors (Lipinski definition) is 0. The monoisotopic (exact) mass is 369 g/mol. The number of unbranched alkanes of at least 4 members (excludes halogenated alkanes) is 1. The van der Waals surface area contributed by atoms with Crippen LogP contribution in [0.5, 0.6) is 0 Å². The molecule has 1 aromatic heterocycles. The minimum Gasteiger partial charge on any atom is -0.347 e. The third-order valence-electron chi connectivity index (χ3n) is 5.70. The number of benzene rings is 2. The summed E-state index contributed by atoms with van der Waals surface area (Å²) in [6.07, 6.45) is 14.2. The fraction of sp³-hybridized carbons (Fsp3) is 0.259. The second kappa shape index (κ2) is 8.93. The summed E-state index contributed by atoms with van der Waals surface area (Å²) < 4.78 is 2.28. The van der Waals surface area contributed by atoms with Gasteiger partial charge in [0.1, 0.15) is 0 Å². The molecule has 0 unspecified atom stereocenters. The van der Waals surface area contributed by atoms with Gasteiger partial charge in [-0.05, 0) is 55.0 Å². The van der Waals surface area contributed by atoms with Gasteiger partial charge in [-0.3, -0.25) is 0 Å². The molecule has 1 heterocycles. The van der Waals surface area contributed by atoms with Crippen molar-refractivity contribution in [2.24, 2.45) is 7.05 Å². The van der Waals surface area contributed by atoms with Crippen molar-refractivity contribution in [1.82, 2.24) is 4.57 Å². The molecular formula is C27H31N. The third kappa shape index (κ3) is 3.89. The van der Waals surface area contributed by atoms with Crippen LogP contribution in [0, 0.1) is 13.8 Å². The Morgan fingerprint density at radius 2 is 1.71 bits per heavy atom. The molecule has 0 N–H and O–H groups in total. The molecule has 0 saturated carbocycles. The van der Waals surface area contributed by atoms with Gasteiger partial charge in [0.2, 0.25) is 0 Å². The van der Waals surface area contributed by atoms with Crippen molar-refractivity contribution < 1.29 is 0 Å². The van der Waals surface area contributed by atoms with E-state index in [0.717, 1.165) is 6.42 Å². The lowest BCUT2D eigenvalue weighted by Crippen LogP contribution is -1.90. The summed E-state index contributed by atoms with van der Waals surface area (Å²) in [5, 5.41) is 1.33. The second-order valence-corrected chi connectivity index (χ2v) is 7.46. The highest BCUT2D eigenvalue weighted by Gasteiger charge is 2.13. The number of aryl methyl sites for hydroxylation is 3. The SMILES string of the molecule is C=C/C=C\c1c(C)n(C)c2ccc(/C=C\c3ccccc3CCCC)c(C)c12. The molecule has 144 valence electrons. The maximum atomic E-state index is 3.82. The molecule has 0 saturated heterocycles. The molecule has 0 spiro atoms. The predicted molar refractivity (Wildman–Crippen MR) is 126 cm³/mol. The van der Waals surface area contributed by atoms with Crippen LogP contribution in [-0.4, -0.2) is 4.57 Å². The van der Waals surface area contributed by atoms with Gasteiger partial charge in [-0.15, -0.1) is 0 Å². The highest BCUT2D eigenvalue weighted by molar-refractivity contribution is 5.96. The van der Waals surface area contributed by atoms with Crippen LogP contribution in [-0.2, 0) is 13.5 Å². The van der Waals surface area contributed by atoms with Crippen LogP contribution < -0.4 is 0 Å². The predicted octanol–water partition coefficient (Wildman–Crippen LogP) is 7.51. The van der Waals surface area contributed by atoms with Crippen molar-refractivity contribution in [2.45, 2.75) is 40.0 Å². The van der Waals surface area contributed by atoms with E-state index in [1.54, 1.807) is 0 Å². The summed E-state index contributed by atoms with van der Waals surface area (Å²) in [6, 6.07) is 13.2. The lowest BCUT2D eigenvalue weighted by atomic mass is 9.98. The number of hydrogen-bond acceptors (Lipinski definition) is 0. The van der Waals surface area contributed by atoms with Crippen LogP contribution >= 0.6 is 0 Å². The molecule has 0 radical (unpaired) electrons. The van der Waals surface area contributed by atoms with Gasteiger partial charge < -0.3 is 4.57 Å². The van der Waals surface area contributed by atoms with Crippen molar-refractivity contribution >= 4 is 29.1 Å². The molecule has 0 aliphatic heterocycles. The summed E-state index contributed by atoms with van der Waals surface area (Å²) >= 11 is 0. The van der Waals surface area contributed by atoms with Crippen LogP contribution in [0.2, 0.25) is 0 Å². The summed E-state index contributed by atoms with van der Waals surface area (Å²) in [6.45, 7) is 10.5. The molecule has 0 fully saturated rings. The summed E-state index contributed by atoms with van der Waals surface area (Å²) in [5.41, 5.74) is 9.20. The van der Waals surface area contributed by atoms with Gasteiger partial charge in [-0.2, -0.15) is 0 Å². The standard InChI is InChI=1S/C27H31N/c1-6-8-12-23-13-10-11-14-24(23)17-16-22-18-19-26-27(20(22)3)25(15-9-7-2)21(4)28(26)5/h7,9-11,13-19H,2,6,8,12H2,1,3-5H3/b15-9-,17-16-. The first-order chi connectivity index (χ1) is 13.6. The fourth-order valence-electron chi connectivity index (χ4n) is 3.90. The van der Waals surface area contributed by atoms with Crippen molar-refractivity contribution in [3.8, 4) is 0 Å². The number of nitrogens with zero attached hydrogens (tertiary/aromatic N) is 1. The Morgan fingerprint density at radius 1 is 0.964 bits per heavy atom. The number of allylic oxidation sites excluding steroid dienone is 2. The smallest absolute Gasteiger partial charge is 0.0489 e. The van der Waals surface area contributed by atoms with Gasteiger partial charge in [0.05, 0.1) is 0 Å². The van der Waals surface area contributed by atoms with Gasteiger partial charge in [0.25, 0.3) is 0 Å². The molecule has 0 amide bonds. The van der Waals surface area contributed by atoms with Crippen molar-refractivity contribution in [3.05, 3.63) is 88.6 Å². The lowest BCUT2D eigenvalue weighted by Gasteiger charge is -2.07. The lowest BCUT2D eigenvalue weighted by molar-refractivity contribution is 0.794. The van der Waals surface area contributed by atoms with E-state index in [4.69, 9.17) is 0 Å². The molecule has 2 aromatic carbocycles. The van der Waals surface area contributed by atoms with Crippen LogP contribution in [0.1, 0.15) is 53.3 Å². The highest BCUT2D eigenvalue weighted by atomic mass is 14.9. The van der Waals surface area contributed by atoms with E-state index in [9.17, 15) is 0 Å². The van der Waals surface area contributed by atoms with Gasteiger partial charge in [0, 0.05) is 29.2 Å². The van der Waals surface area contributed by atoms with Crippen LogP contribution in [0.25, 0.3) is 29.1 Å². The number of aromatic nitrogens is 1. The Kier molecular flexibility index (Phi) is 6.36. The minimum atomic E-state index is 1.14. The molecule has 0 atom stereocenters. The van der Waals surface area contributed by atoms with Crippen molar-refractivity contribution in [2.75, 3.05) is 0 Å². The Labute approximate surface area is 169 Å². The van der Waals surface area contributed by atoms with Crippen LogP contribution in [0.3, 0.4) is 0 Å². The average Bonchev–Trinajstić information content (AvgIpc) is 2.96. The summed E-state index contributed by atoms with van der Waals surface area (Å²) in [4.78, 5) is 0. The normalized spacial score (nSPS) is 11.9. The first-order valence-electron chi connectivity index (χ1n) is 10.2. The third-order valence-corrected chi connectivity index (χ3v) is 5.70. The molecular weight excluding hydrogens is 338 g/mol. The van der Waals surface area contributed by atoms with Crippen LogP contribution in [0.4, 0.5) is 0 Å². The van der Waals surface area contributed by atoms with E-state index in [1.165, 1.54) is 57.3 Å². The maximum Gasteiger partial charge on any atom is 0.0489 e. The minimum absolute atomic E-state index is 1.14. The Bertz CT molecular complexity index is 1040. The quantitative estimate of drug-likeness (QED) is 0.300. The molecule has 3 rings (SSSR count). The number of fused-ring (bicyclic) bond motifs is 1. The van der Waals surface area contributed by atoms with Crippen molar-refractivity contribution in [1.29, 1.82) is 0 Å². The molecule has 28 heavy (non-hydrogen) atoms. The zero-order valence-corrected chi connectivity index (χ0v) is 17.6. The van der Waals surface area contributed by atoms with E-state index in [2.05, 4.69) is 93.6 Å².